The number of nitrogens with two attached hydrogens (primary N) is 1. The van der Waals surface area contributed by atoms with E-state index in [2.05, 4.69) is 0 Å². The molecule has 86 valence electrons. The molecule has 0 fully saturated rings. The Morgan fingerprint density at radius 3 is 2.64 bits per heavy atom. The Kier molecular flexibility index (Phi) is 7.09. The second-order valence-corrected chi connectivity index (χ2v) is 3.79. The summed E-state index contributed by atoms with van der Waals surface area (Å²) in [5, 5.41) is 9.58. The number of rotatable bonds is 8. The second-order valence-electron chi connectivity index (χ2n) is 3.79. The third-order valence-corrected chi connectivity index (χ3v) is 2.04. The monoisotopic (exact) mass is 205 g/mol. The number of hydrogen-bond donors (Lipinski definition) is 2. The molecule has 0 heterocycles. The van der Waals surface area contributed by atoms with E-state index in [1.807, 2.05) is 13.8 Å². The van der Waals surface area contributed by atoms with Crippen LogP contribution in [0.2, 0.25) is 0 Å². The molecule has 0 saturated heterocycles. The maximum absolute atomic E-state index is 9.58. The minimum absolute atomic E-state index is 0.0727. The topological polar surface area (TPSA) is 64.7 Å². The van der Waals surface area contributed by atoms with Crippen LogP contribution in [0.3, 0.4) is 0 Å². The molecule has 0 rings (SSSR count). The Morgan fingerprint density at radius 1 is 1.50 bits per heavy atom. The number of hydrogen-bond acceptors (Lipinski definition) is 4. The van der Waals surface area contributed by atoms with Crippen LogP contribution in [0.15, 0.2) is 0 Å². The van der Waals surface area contributed by atoms with Crippen molar-refractivity contribution in [3.63, 3.8) is 0 Å². The molecule has 0 bridgehead atoms. The molecule has 0 amide bonds. The summed E-state index contributed by atoms with van der Waals surface area (Å²) in [5.41, 5.74) is 4.56. The largest absolute Gasteiger partial charge is 0.389 e. The predicted octanol–water partition coefficient (Wildman–Crippen LogP) is 0.528. The molecule has 0 aromatic heterocycles. The van der Waals surface area contributed by atoms with E-state index < -0.39 is 5.60 Å². The number of ether oxygens (including phenoxy) is 2. The van der Waals surface area contributed by atoms with Gasteiger partial charge in [-0.3, -0.25) is 0 Å². The van der Waals surface area contributed by atoms with Crippen LogP contribution in [0.5, 0.6) is 0 Å². The summed E-state index contributed by atoms with van der Waals surface area (Å²) in [4.78, 5) is 0. The summed E-state index contributed by atoms with van der Waals surface area (Å²) < 4.78 is 10.6. The highest BCUT2D eigenvalue weighted by atomic mass is 16.5. The lowest BCUT2D eigenvalue weighted by molar-refractivity contribution is -0.0313. The van der Waals surface area contributed by atoms with Gasteiger partial charge < -0.3 is 20.3 Å². The molecule has 4 nitrogen and oxygen atoms in total. The average molecular weight is 205 g/mol. The van der Waals surface area contributed by atoms with Crippen molar-refractivity contribution in [1.29, 1.82) is 0 Å². The van der Waals surface area contributed by atoms with Crippen molar-refractivity contribution in [2.24, 2.45) is 5.73 Å². The molecule has 0 aliphatic heterocycles. The third kappa shape index (κ3) is 7.26. The van der Waals surface area contributed by atoms with Gasteiger partial charge in [-0.2, -0.15) is 0 Å². The van der Waals surface area contributed by atoms with Crippen LogP contribution >= 0.6 is 0 Å². The summed E-state index contributed by atoms with van der Waals surface area (Å²) in [6.45, 7) is 7.69. The fraction of sp³-hybridized carbons (Fsp3) is 1.00. The van der Waals surface area contributed by atoms with Gasteiger partial charge in [-0.25, -0.2) is 0 Å². The van der Waals surface area contributed by atoms with Crippen LogP contribution in [0.25, 0.3) is 0 Å². The Labute approximate surface area is 86.4 Å². The van der Waals surface area contributed by atoms with E-state index in [0.717, 1.165) is 0 Å². The highest BCUT2D eigenvalue weighted by Crippen LogP contribution is 2.07. The first-order chi connectivity index (χ1) is 6.52. The van der Waals surface area contributed by atoms with Crippen molar-refractivity contribution in [1.82, 2.24) is 0 Å². The average Bonchev–Trinajstić information content (AvgIpc) is 2.14. The Bertz CT molecular complexity index is 139. The molecule has 0 aromatic rings. The van der Waals surface area contributed by atoms with Gasteiger partial charge in [0.1, 0.15) is 0 Å². The third-order valence-electron chi connectivity index (χ3n) is 2.04. The Balaban J connectivity index is 3.43. The predicted molar refractivity (Wildman–Crippen MR) is 56.2 cm³/mol. The molecule has 0 saturated carbocycles. The van der Waals surface area contributed by atoms with E-state index in [4.69, 9.17) is 15.2 Å². The molecule has 2 atom stereocenters. The molecular formula is C10H23NO3. The summed E-state index contributed by atoms with van der Waals surface area (Å²) >= 11 is 0. The SMILES string of the molecule is CCOCC(C)OCCC(C)(O)CN. The fourth-order valence-corrected chi connectivity index (χ4v) is 0.914. The van der Waals surface area contributed by atoms with Gasteiger partial charge >= 0.3 is 0 Å². The molecule has 0 spiro atoms. The van der Waals surface area contributed by atoms with Crippen molar-refractivity contribution in [2.45, 2.75) is 38.9 Å². The molecule has 2 unspecified atom stereocenters. The van der Waals surface area contributed by atoms with E-state index in [0.29, 0.717) is 26.2 Å². The molecule has 0 aromatic carbocycles. The zero-order valence-electron chi connectivity index (χ0n) is 9.45. The normalized spacial score (nSPS) is 17.8. The van der Waals surface area contributed by atoms with Crippen molar-refractivity contribution < 1.29 is 14.6 Å². The van der Waals surface area contributed by atoms with Gasteiger partial charge in [0.15, 0.2) is 0 Å². The van der Waals surface area contributed by atoms with Gasteiger partial charge in [0, 0.05) is 26.2 Å². The van der Waals surface area contributed by atoms with E-state index in [1.54, 1.807) is 6.92 Å². The highest BCUT2D eigenvalue weighted by molar-refractivity contribution is 4.72. The first kappa shape index (κ1) is 13.8. The van der Waals surface area contributed by atoms with Gasteiger partial charge in [0.25, 0.3) is 0 Å². The van der Waals surface area contributed by atoms with Gasteiger partial charge in [-0.15, -0.1) is 0 Å². The van der Waals surface area contributed by atoms with Crippen molar-refractivity contribution >= 4 is 0 Å². The van der Waals surface area contributed by atoms with Crippen molar-refractivity contribution in [3.05, 3.63) is 0 Å². The van der Waals surface area contributed by atoms with E-state index >= 15 is 0 Å². The quantitative estimate of drug-likeness (QED) is 0.606. The first-order valence-electron chi connectivity index (χ1n) is 5.13. The summed E-state index contributed by atoms with van der Waals surface area (Å²) in [6.07, 6.45) is 0.628. The second kappa shape index (κ2) is 7.17. The lowest BCUT2D eigenvalue weighted by Crippen LogP contribution is -2.35. The maximum atomic E-state index is 9.58. The zero-order chi connectivity index (χ0) is 11.0. The van der Waals surface area contributed by atoms with Crippen LogP contribution in [-0.2, 0) is 9.47 Å². The molecule has 0 aliphatic rings. The molecule has 14 heavy (non-hydrogen) atoms. The molecule has 0 radical (unpaired) electrons. The standard InChI is InChI=1S/C10H23NO3/c1-4-13-7-9(2)14-6-5-10(3,12)8-11/h9,12H,4-8,11H2,1-3H3. The maximum Gasteiger partial charge on any atom is 0.0780 e. The molecular weight excluding hydrogens is 182 g/mol. The molecule has 4 heteroatoms. The summed E-state index contributed by atoms with van der Waals surface area (Å²) in [5.74, 6) is 0. The minimum Gasteiger partial charge on any atom is -0.389 e. The van der Waals surface area contributed by atoms with Gasteiger partial charge in [-0.1, -0.05) is 0 Å². The van der Waals surface area contributed by atoms with Crippen LogP contribution in [-0.4, -0.2) is 43.2 Å². The Hall–Kier alpha value is -0.160. The van der Waals surface area contributed by atoms with Crippen molar-refractivity contribution in [3.8, 4) is 0 Å². The smallest absolute Gasteiger partial charge is 0.0780 e. The number of aliphatic hydroxyl groups is 1. The van der Waals surface area contributed by atoms with Gasteiger partial charge in [0.2, 0.25) is 0 Å². The van der Waals surface area contributed by atoms with Gasteiger partial charge in [0.05, 0.1) is 18.3 Å². The van der Waals surface area contributed by atoms with Crippen molar-refractivity contribution in [2.75, 3.05) is 26.4 Å². The van der Waals surface area contributed by atoms with Crippen LogP contribution in [0.1, 0.15) is 27.2 Å². The lowest BCUT2D eigenvalue weighted by Gasteiger charge is -2.22. The first-order valence-corrected chi connectivity index (χ1v) is 5.13. The Morgan fingerprint density at radius 2 is 2.14 bits per heavy atom. The fourth-order valence-electron chi connectivity index (χ4n) is 0.914. The van der Waals surface area contributed by atoms with Crippen LogP contribution in [0, 0.1) is 0 Å². The van der Waals surface area contributed by atoms with Crippen LogP contribution in [0.4, 0.5) is 0 Å². The summed E-state index contributed by atoms with van der Waals surface area (Å²) in [6, 6.07) is 0. The summed E-state index contributed by atoms with van der Waals surface area (Å²) in [7, 11) is 0. The zero-order valence-corrected chi connectivity index (χ0v) is 9.45. The minimum atomic E-state index is -0.814. The van der Waals surface area contributed by atoms with Gasteiger partial charge in [-0.05, 0) is 20.8 Å². The molecule has 3 N–H and O–H groups in total. The highest BCUT2D eigenvalue weighted by Gasteiger charge is 2.17. The lowest BCUT2D eigenvalue weighted by atomic mass is 10.0. The van der Waals surface area contributed by atoms with E-state index in [1.165, 1.54) is 0 Å². The van der Waals surface area contributed by atoms with E-state index in [-0.39, 0.29) is 12.6 Å². The molecule has 0 aliphatic carbocycles. The van der Waals surface area contributed by atoms with E-state index in [9.17, 15) is 5.11 Å². The van der Waals surface area contributed by atoms with Crippen LogP contribution < -0.4 is 5.73 Å².